The monoisotopic (exact) mass is 408 g/mol. The molecule has 7 nitrogen and oxygen atoms in total. The molecule has 0 radical (unpaired) electrons. The zero-order valence-corrected chi connectivity index (χ0v) is 16.1. The summed E-state index contributed by atoms with van der Waals surface area (Å²) >= 11 is 0. The van der Waals surface area contributed by atoms with Crippen LogP contribution < -0.4 is 14.4 Å². The highest BCUT2D eigenvalue weighted by molar-refractivity contribution is 7.92. The van der Waals surface area contributed by atoms with E-state index in [2.05, 4.69) is 4.72 Å². The minimum atomic E-state index is -3.85. The van der Waals surface area contributed by atoms with Gasteiger partial charge in [-0.05, 0) is 48.5 Å². The van der Waals surface area contributed by atoms with E-state index < -0.39 is 21.8 Å². The van der Waals surface area contributed by atoms with Gasteiger partial charge in [0, 0.05) is 6.07 Å². The first kappa shape index (κ1) is 18.7. The molecule has 8 heteroatoms. The molecule has 4 rings (SSSR count). The fourth-order valence-electron chi connectivity index (χ4n) is 3.10. The van der Waals surface area contributed by atoms with Crippen LogP contribution in [-0.4, -0.2) is 27.3 Å². The van der Waals surface area contributed by atoms with Gasteiger partial charge in [-0.2, -0.15) is 0 Å². The Labute approximate surface area is 167 Å². The molecular formula is C21H16N2O5S. The largest absolute Gasteiger partial charge is 0.497 e. The van der Waals surface area contributed by atoms with Crippen LogP contribution in [-0.2, 0) is 10.0 Å². The fraction of sp³-hybridized carbons (Fsp3) is 0.0476. The Morgan fingerprint density at radius 3 is 2.03 bits per heavy atom. The molecule has 1 N–H and O–H groups in total. The first-order chi connectivity index (χ1) is 13.9. The lowest BCUT2D eigenvalue weighted by atomic mass is 10.1. The molecule has 1 heterocycles. The van der Waals surface area contributed by atoms with Crippen molar-refractivity contribution in [3.63, 3.8) is 0 Å². The van der Waals surface area contributed by atoms with Crippen LogP contribution in [0.15, 0.2) is 77.7 Å². The number of benzene rings is 3. The van der Waals surface area contributed by atoms with Gasteiger partial charge in [0.25, 0.3) is 21.8 Å². The van der Waals surface area contributed by atoms with Crippen molar-refractivity contribution in [2.75, 3.05) is 16.7 Å². The van der Waals surface area contributed by atoms with Gasteiger partial charge in [-0.1, -0.05) is 18.2 Å². The van der Waals surface area contributed by atoms with Crippen molar-refractivity contribution in [3.05, 3.63) is 83.9 Å². The Morgan fingerprint density at radius 1 is 0.828 bits per heavy atom. The summed E-state index contributed by atoms with van der Waals surface area (Å²) in [6, 6.07) is 18.7. The first-order valence-corrected chi connectivity index (χ1v) is 10.1. The Bertz CT molecular complexity index is 1180. The van der Waals surface area contributed by atoms with E-state index in [0.717, 1.165) is 4.90 Å². The van der Waals surface area contributed by atoms with Crippen LogP contribution in [0.1, 0.15) is 20.7 Å². The number of carbonyl (C=O) groups excluding carboxylic acids is 2. The summed E-state index contributed by atoms with van der Waals surface area (Å²) in [5.41, 5.74) is 1.31. The molecule has 0 unspecified atom stereocenters. The summed E-state index contributed by atoms with van der Waals surface area (Å²) in [5.74, 6) is -0.349. The molecule has 1 aliphatic rings. The Hall–Kier alpha value is -3.65. The van der Waals surface area contributed by atoms with Crippen LogP contribution in [0, 0.1) is 0 Å². The van der Waals surface area contributed by atoms with Gasteiger partial charge in [0.05, 0.1) is 34.5 Å². The molecule has 0 aromatic heterocycles. The van der Waals surface area contributed by atoms with Crippen molar-refractivity contribution in [2.24, 2.45) is 0 Å². The van der Waals surface area contributed by atoms with Crippen LogP contribution in [0.5, 0.6) is 5.75 Å². The number of imide groups is 1. The van der Waals surface area contributed by atoms with Gasteiger partial charge >= 0.3 is 0 Å². The van der Waals surface area contributed by atoms with Crippen molar-refractivity contribution < 1.29 is 22.7 Å². The summed E-state index contributed by atoms with van der Waals surface area (Å²) in [6.45, 7) is 0. The minimum absolute atomic E-state index is 0.000629. The lowest BCUT2D eigenvalue weighted by Crippen LogP contribution is -2.29. The zero-order valence-electron chi connectivity index (χ0n) is 15.3. The van der Waals surface area contributed by atoms with Crippen molar-refractivity contribution in [2.45, 2.75) is 4.90 Å². The number of methoxy groups -OCH3 is 1. The van der Waals surface area contributed by atoms with Gasteiger partial charge in [0.1, 0.15) is 5.75 Å². The highest BCUT2D eigenvalue weighted by Gasteiger charge is 2.36. The van der Waals surface area contributed by atoms with Gasteiger partial charge in [0.15, 0.2) is 0 Å². The molecule has 1 aliphatic heterocycles. The number of carbonyl (C=O) groups is 2. The van der Waals surface area contributed by atoms with Crippen molar-refractivity contribution in [1.82, 2.24) is 0 Å². The molecule has 0 saturated heterocycles. The first-order valence-electron chi connectivity index (χ1n) is 8.65. The molecule has 0 bridgehead atoms. The second-order valence-electron chi connectivity index (χ2n) is 6.32. The van der Waals surface area contributed by atoms with E-state index >= 15 is 0 Å². The molecule has 0 spiro atoms. The van der Waals surface area contributed by atoms with Gasteiger partial charge in [-0.15, -0.1) is 0 Å². The predicted octanol–water partition coefficient (Wildman–Crippen LogP) is 3.30. The number of nitrogens with zero attached hydrogens (tertiary/aromatic N) is 1. The van der Waals surface area contributed by atoms with Gasteiger partial charge < -0.3 is 4.74 Å². The van der Waals surface area contributed by atoms with Crippen molar-refractivity contribution in [1.29, 1.82) is 0 Å². The lowest BCUT2D eigenvalue weighted by molar-refractivity contribution is 0.0926. The number of ether oxygens (including phenoxy) is 1. The highest BCUT2D eigenvalue weighted by atomic mass is 32.2. The molecule has 0 atom stereocenters. The second-order valence-corrected chi connectivity index (χ2v) is 8.01. The number of sulfonamides is 1. The van der Waals surface area contributed by atoms with Crippen molar-refractivity contribution >= 4 is 33.2 Å². The summed E-state index contributed by atoms with van der Waals surface area (Å²) in [5, 5.41) is 0. The molecule has 3 aromatic carbocycles. The van der Waals surface area contributed by atoms with Gasteiger partial charge in [-0.25, -0.2) is 13.3 Å². The topological polar surface area (TPSA) is 92.8 Å². The van der Waals surface area contributed by atoms with Crippen LogP contribution in [0.25, 0.3) is 0 Å². The number of hydrogen-bond donors (Lipinski definition) is 1. The number of fused-ring (bicyclic) bond motifs is 1. The summed E-state index contributed by atoms with van der Waals surface area (Å²) in [4.78, 5) is 26.1. The third-order valence-corrected chi connectivity index (χ3v) is 5.92. The van der Waals surface area contributed by atoms with Crippen LogP contribution in [0.2, 0.25) is 0 Å². The average molecular weight is 408 g/mol. The van der Waals surface area contributed by atoms with E-state index in [1.807, 2.05) is 0 Å². The Kier molecular flexibility index (Phi) is 4.56. The standard InChI is InChI=1S/C21H16N2O5S/c1-28-16-6-4-5-14(13-16)22-29(26,27)17-11-9-15(10-12-17)23-20(24)18-7-2-3-8-19(18)21(23)25/h2-13,22H,1H3. The normalized spacial score (nSPS) is 13.3. The molecule has 3 aromatic rings. The van der Waals surface area contributed by atoms with Crippen LogP contribution >= 0.6 is 0 Å². The number of anilines is 2. The number of amides is 2. The third-order valence-electron chi connectivity index (χ3n) is 4.52. The van der Waals surface area contributed by atoms with E-state index in [-0.39, 0.29) is 4.90 Å². The Morgan fingerprint density at radius 2 is 1.45 bits per heavy atom. The van der Waals surface area contributed by atoms with E-state index in [0.29, 0.717) is 28.3 Å². The predicted molar refractivity (Wildman–Crippen MR) is 108 cm³/mol. The van der Waals surface area contributed by atoms with Gasteiger partial charge in [-0.3, -0.25) is 14.3 Å². The van der Waals surface area contributed by atoms with Crippen LogP contribution in [0.3, 0.4) is 0 Å². The number of nitrogens with one attached hydrogen (secondary N) is 1. The quantitative estimate of drug-likeness (QED) is 0.654. The molecular weight excluding hydrogens is 392 g/mol. The van der Waals surface area contributed by atoms with E-state index in [1.54, 1.807) is 48.5 Å². The lowest BCUT2D eigenvalue weighted by Gasteiger charge is -2.15. The van der Waals surface area contributed by atoms with Gasteiger partial charge in [0.2, 0.25) is 0 Å². The molecule has 0 aliphatic carbocycles. The number of rotatable bonds is 5. The molecule has 146 valence electrons. The molecule has 2 amide bonds. The molecule has 0 fully saturated rings. The Balaban J connectivity index is 1.59. The zero-order chi connectivity index (χ0) is 20.6. The smallest absolute Gasteiger partial charge is 0.266 e. The maximum absolute atomic E-state index is 12.6. The fourth-order valence-corrected chi connectivity index (χ4v) is 4.15. The molecule has 29 heavy (non-hydrogen) atoms. The summed E-state index contributed by atoms with van der Waals surface area (Å²) in [7, 11) is -2.36. The maximum Gasteiger partial charge on any atom is 0.266 e. The molecule has 0 saturated carbocycles. The third kappa shape index (κ3) is 3.34. The highest BCUT2D eigenvalue weighted by Crippen LogP contribution is 2.29. The minimum Gasteiger partial charge on any atom is -0.497 e. The van der Waals surface area contributed by atoms with E-state index in [4.69, 9.17) is 4.74 Å². The number of hydrogen-bond acceptors (Lipinski definition) is 5. The summed E-state index contributed by atoms with van der Waals surface area (Å²) in [6.07, 6.45) is 0. The van der Waals surface area contributed by atoms with E-state index in [9.17, 15) is 18.0 Å². The SMILES string of the molecule is COc1cccc(NS(=O)(=O)c2ccc(N3C(=O)c4ccccc4C3=O)cc2)c1. The van der Waals surface area contributed by atoms with Crippen molar-refractivity contribution in [3.8, 4) is 5.75 Å². The van der Waals surface area contributed by atoms with E-state index in [1.165, 1.54) is 31.4 Å². The maximum atomic E-state index is 12.6. The average Bonchev–Trinajstić information content (AvgIpc) is 2.98. The summed E-state index contributed by atoms with van der Waals surface area (Å²) < 4.78 is 32.8. The van der Waals surface area contributed by atoms with Crippen LogP contribution in [0.4, 0.5) is 11.4 Å². The second kappa shape index (κ2) is 7.06.